The number of aromatic nitrogens is 1. The topological polar surface area (TPSA) is 12.9 Å². The van der Waals surface area contributed by atoms with E-state index in [0.29, 0.717) is 0 Å². The van der Waals surface area contributed by atoms with Crippen LogP contribution in [-0.4, -0.2) is 10.2 Å². The Morgan fingerprint density at radius 2 is 2.31 bits per heavy atom. The van der Waals surface area contributed by atoms with Crippen molar-refractivity contribution >= 4 is 27.7 Å². The lowest BCUT2D eigenvalue weighted by Gasteiger charge is -2.26. The highest BCUT2D eigenvalue weighted by Gasteiger charge is 2.18. The molecule has 1 fully saturated rings. The van der Waals surface area contributed by atoms with Crippen LogP contribution in [0.5, 0.6) is 0 Å². The summed E-state index contributed by atoms with van der Waals surface area (Å²) in [6, 6.07) is 4.19. The highest BCUT2D eigenvalue weighted by Crippen LogP contribution is 2.33. The maximum Gasteiger partial charge on any atom is 0.0503 e. The fraction of sp³-hybridized carbons (Fsp3) is 0.615. The summed E-state index contributed by atoms with van der Waals surface area (Å²) in [5.74, 6) is 1.98. The minimum Gasteiger partial charge on any atom is -0.259 e. The number of thioether (sulfide) groups is 1. The highest BCUT2D eigenvalue weighted by molar-refractivity contribution is 9.10. The first-order valence-corrected chi connectivity index (χ1v) is 7.80. The first-order valence-electron chi connectivity index (χ1n) is 5.96. The molecule has 1 heterocycles. The van der Waals surface area contributed by atoms with E-state index in [4.69, 9.17) is 0 Å². The van der Waals surface area contributed by atoms with Gasteiger partial charge in [0.1, 0.15) is 0 Å². The SMILES string of the molecule is CC1CCCC(SCc2ccc(Br)cn2)C1. The number of halogens is 1. The Labute approximate surface area is 111 Å². The van der Waals surface area contributed by atoms with Crippen molar-refractivity contribution in [3.63, 3.8) is 0 Å². The Balaban J connectivity index is 1.80. The van der Waals surface area contributed by atoms with Gasteiger partial charge >= 0.3 is 0 Å². The van der Waals surface area contributed by atoms with Gasteiger partial charge < -0.3 is 0 Å². The minimum absolute atomic E-state index is 0.856. The quantitative estimate of drug-likeness (QED) is 0.805. The van der Waals surface area contributed by atoms with Crippen LogP contribution in [0.1, 0.15) is 38.3 Å². The van der Waals surface area contributed by atoms with Gasteiger partial charge in [-0.25, -0.2) is 0 Å². The molecule has 2 rings (SSSR count). The maximum absolute atomic E-state index is 4.41. The second kappa shape index (κ2) is 6.06. The van der Waals surface area contributed by atoms with Crippen molar-refractivity contribution in [2.24, 2.45) is 5.92 Å². The summed E-state index contributed by atoms with van der Waals surface area (Å²) < 4.78 is 1.06. The predicted molar refractivity (Wildman–Crippen MR) is 74.7 cm³/mol. The van der Waals surface area contributed by atoms with Crippen LogP contribution in [0.4, 0.5) is 0 Å². The zero-order valence-electron chi connectivity index (χ0n) is 9.66. The third-order valence-corrected chi connectivity index (χ3v) is 4.97. The van der Waals surface area contributed by atoms with Gasteiger partial charge in [0.25, 0.3) is 0 Å². The molecule has 0 spiro atoms. The van der Waals surface area contributed by atoms with E-state index in [1.165, 1.54) is 31.4 Å². The molecule has 0 N–H and O–H groups in total. The van der Waals surface area contributed by atoms with E-state index in [0.717, 1.165) is 21.4 Å². The molecule has 88 valence electrons. The molecule has 1 aliphatic carbocycles. The Bertz CT molecular complexity index is 325. The molecule has 0 radical (unpaired) electrons. The van der Waals surface area contributed by atoms with Crippen LogP contribution < -0.4 is 0 Å². The third kappa shape index (κ3) is 3.77. The average Bonchev–Trinajstić information content (AvgIpc) is 2.28. The summed E-state index contributed by atoms with van der Waals surface area (Å²) in [7, 11) is 0. The molecular weight excluding hydrogens is 282 g/mol. The van der Waals surface area contributed by atoms with Crippen molar-refractivity contribution < 1.29 is 0 Å². The molecule has 0 amide bonds. The standard InChI is InChI=1S/C13H18BrNS/c1-10-3-2-4-13(7-10)16-9-12-6-5-11(14)8-15-12/h5-6,8,10,13H,2-4,7,9H2,1H3. The molecule has 1 aromatic heterocycles. The Hall–Kier alpha value is -0.0200. The summed E-state index contributed by atoms with van der Waals surface area (Å²) in [5, 5.41) is 0.856. The summed E-state index contributed by atoms with van der Waals surface area (Å²) >= 11 is 5.49. The van der Waals surface area contributed by atoms with E-state index in [-0.39, 0.29) is 0 Å². The van der Waals surface area contributed by atoms with E-state index in [1.807, 2.05) is 6.20 Å². The third-order valence-electron chi connectivity index (χ3n) is 3.14. The van der Waals surface area contributed by atoms with E-state index in [9.17, 15) is 0 Å². The first kappa shape index (κ1) is 12.4. The number of rotatable bonds is 3. The van der Waals surface area contributed by atoms with E-state index < -0.39 is 0 Å². The molecule has 1 nitrogen and oxygen atoms in total. The molecule has 16 heavy (non-hydrogen) atoms. The number of nitrogens with zero attached hydrogens (tertiary/aromatic N) is 1. The van der Waals surface area contributed by atoms with Crippen LogP contribution in [0.15, 0.2) is 22.8 Å². The zero-order valence-corrected chi connectivity index (χ0v) is 12.1. The largest absolute Gasteiger partial charge is 0.259 e. The predicted octanol–water partition coefficient (Wildman–Crippen LogP) is 4.66. The lowest BCUT2D eigenvalue weighted by molar-refractivity contribution is 0.394. The average molecular weight is 300 g/mol. The smallest absolute Gasteiger partial charge is 0.0503 e. The Morgan fingerprint density at radius 3 is 3.00 bits per heavy atom. The molecular formula is C13H18BrNS. The van der Waals surface area contributed by atoms with Gasteiger partial charge in [-0.15, -0.1) is 0 Å². The van der Waals surface area contributed by atoms with Crippen molar-refractivity contribution in [2.75, 3.05) is 0 Å². The van der Waals surface area contributed by atoms with Gasteiger partial charge in [0.15, 0.2) is 0 Å². The minimum atomic E-state index is 0.856. The Kier molecular flexibility index (Phi) is 4.71. The van der Waals surface area contributed by atoms with Crippen LogP contribution in [0.25, 0.3) is 0 Å². The van der Waals surface area contributed by atoms with Crippen LogP contribution in [0.3, 0.4) is 0 Å². The fourth-order valence-corrected chi connectivity index (χ4v) is 3.83. The van der Waals surface area contributed by atoms with E-state index in [2.05, 4.69) is 51.7 Å². The number of hydrogen-bond donors (Lipinski definition) is 0. The molecule has 0 aromatic carbocycles. The molecule has 0 aliphatic heterocycles. The molecule has 0 bridgehead atoms. The Morgan fingerprint density at radius 1 is 1.44 bits per heavy atom. The van der Waals surface area contributed by atoms with Crippen LogP contribution in [0.2, 0.25) is 0 Å². The molecule has 1 aromatic rings. The van der Waals surface area contributed by atoms with Crippen molar-refractivity contribution in [2.45, 2.75) is 43.6 Å². The number of pyridine rings is 1. The first-order chi connectivity index (χ1) is 7.74. The van der Waals surface area contributed by atoms with E-state index in [1.54, 1.807) is 0 Å². The fourth-order valence-electron chi connectivity index (χ4n) is 2.22. The molecule has 2 atom stereocenters. The van der Waals surface area contributed by atoms with Crippen molar-refractivity contribution in [1.29, 1.82) is 0 Å². The van der Waals surface area contributed by atoms with Gasteiger partial charge in [0.05, 0.1) is 5.69 Å². The summed E-state index contributed by atoms with van der Waals surface area (Å²) in [4.78, 5) is 4.41. The van der Waals surface area contributed by atoms with E-state index >= 15 is 0 Å². The van der Waals surface area contributed by atoms with Gasteiger partial charge in [0, 0.05) is 21.7 Å². The van der Waals surface area contributed by atoms with Crippen LogP contribution >= 0.6 is 27.7 Å². The molecule has 0 saturated heterocycles. The lowest BCUT2D eigenvalue weighted by atomic mass is 9.91. The summed E-state index contributed by atoms with van der Waals surface area (Å²) in [5.41, 5.74) is 1.20. The second-order valence-corrected chi connectivity index (χ2v) is 6.88. The molecule has 1 saturated carbocycles. The van der Waals surface area contributed by atoms with Crippen LogP contribution in [0, 0.1) is 5.92 Å². The van der Waals surface area contributed by atoms with Gasteiger partial charge in [-0.3, -0.25) is 4.98 Å². The maximum atomic E-state index is 4.41. The monoisotopic (exact) mass is 299 g/mol. The zero-order chi connectivity index (χ0) is 11.4. The van der Waals surface area contributed by atoms with Gasteiger partial charge in [0.2, 0.25) is 0 Å². The molecule has 3 heteroatoms. The van der Waals surface area contributed by atoms with Gasteiger partial charge in [-0.1, -0.05) is 19.8 Å². The lowest BCUT2D eigenvalue weighted by Crippen LogP contribution is -2.15. The summed E-state index contributed by atoms with van der Waals surface area (Å²) in [6.45, 7) is 2.38. The molecule has 1 aliphatic rings. The van der Waals surface area contributed by atoms with Crippen molar-refractivity contribution in [3.8, 4) is 0 Å². The second-order valence-electron chi connectivity index (χ2n) is 4.67. The van der Waals surface area contributed by atoms with Gasteiger partial charge in [-0.05, 0) is 46.8 Å². The molecule has 2 unspecified atom stereocenters. The van der Waals surface area contributed by atoms with Crippen molar-refractivity contribution in [1.82, 2.24) is 4.98 Å². The normalized spacial score (nSPS) is 25.6. The van der Waals surface area contributed by atoms with Crippen molar-refractivity contribution in [3.05, 3.63) is 28.5 Å². The highest BCUT2D eigenvalue weighted by atomic mass is 79.9. The van der Waals surface area contributed by atoms with Crippen LogP contribution in [-0.2, 0) is 5.75 Å². The number of hydrogen-bond acceptors (Lipinski definition) is 2. The van der Waals surface area contributed by atoms with Gasteiger partial charge in [-0.2, -0.15) is 11.8 Å². The summed E-state index contributed by atoms with van der Waals surface area (Å²) in [6.07, 6.45) is 7.51.